The molecule has 1 aliphatic heterocycles. The second kappa shape index (κ2) is 5.65. The van der Waals surface area contributed by atoms with Gasteiger partial charge in [0.15, 0.2) is 11.5 Å². The van der Waals surface area contributed by atoms with Crippen LogP contribution in [0.4, 0.5) is 0 Å². The predicted molar refractivity (Wildman–Crippen MR) is 92.1 cm³/mol. The standard InChI is InChI=1S/C17H21N7O/c1-5-13-19-20-14-9-23(6-7-24(13)14)17(25)12-8-10(2)18-16-15(12)11(3)21-22(16)4/h8H,5-7,9H2,1-4H3. The van der Waals surface area contributed by atoms with Gasteiger partial charge in [0.05, 0.1) is 23.2 Å². The van der Waals surface area contributed by atoms with Gasteiger partial charge >= 0.3 is 0 Å². The largest absolute Gasteiger partial charge is 0.329 e. The maximum absolute atomic E-state index is 13.2. The second-order valence-corrected chi connectivity index (χ2v) is 6.48. The van der Waals surface area contributed by atoms with E-state index in [0.29, 0.717) is 18.7 Å². The van der Waals surface area contributed by atoms with Crippen LogP contribution in [0.25, 0.3) is 11.0 Å². The van der Waals surface area contributed by atoms with Crippen molar-refractivity contribution < 1.29 is 4.79 Å². The lowest BCUT2D eigenvalue weighted by atomic mass is 10.1. The highest BCUT2D eigenvalue weighted by Gasteiger charge is 2.27. The molecule has 0 aliphatic carbocycles. The first-order valence-electron chi connectivity index (χ1n) is 8.50. The third kappa shape index (κ3) is 2.40. The molecule has 4 rings (SSSR count). The topological polar surface area (TPSA) is 81.7 Å². The molecule has 0 bridgehead atoms. The molecule has 0 aromatic carbocycles. The number of aromatic nitrogens is 6. The molecule has 0 saturated carbocycles. The predicted octanol–water partition coefficient (Wildman–Crippen LogP) is 1.40. The Morgan fingerprint density at radius 1 is 1.24 bits per heavy atom. The Kier molecular flexibility index (Phi) is 3.55. The molecular weight excluding hydrogens is 318 g/mol. The lowest BCUT2D eigenvalue weighted by Crippen LogP contribution is -2.39. The quantitative estimate of drug-likeness (QED) is 0.705. The van der Waals surface area contributed by atoms with Crippen molar-refractivity contribution in [3.05, 3.63) is 34.7 Å². The minimum Gasteiger partial charge on any atom is -0.329 e. The van der Waals surface area contributed by atoms with Crippen molar-refractivity contribution in [1.29, 1.82) is 0 Å². The summed E-state index contributed by atoms with van der Waals surface area (Å²) in [7, 11) is 1.85. The maximum atomic E-state index is 13.2. The third-order valence-corrected chi connectivity index (χ3v) is 4.76. The van der Waals surface area contributed by atoms with Crippen LogP contribution in [0, 0.1) is 13.8 Å². The fourth-order valence-corrected chi connectivity index (χ4v) is 3.56. The number of carbonyl (C=O) groups is 1. The molecular formula is C17H21N7O. The van der Waals surface area contributed by atoms with Gasteiger partial charge in [-0.3, -0.25) is 9.48 Å². The number of hydrogen-bond donors (Lipinski definition) is 0. The van der Waals surface area contributed by atoms with E-state index in [1.54, 1.807) is 4.68 Å². The van der Waals surface area contributed by atoms with E-state index in [1.807, 2.05) is 31.9 Å². The lowest BCUT2D eigenvalue weighted by molar-refractivity contribution is 0.0708. The number of fused-ring (bicyclic) bond motifs is 2. The fraction of sp³-hybridized carbons (Fsp3) is 0.471. The van der Waals surface area contributed by atoms with Crippen LogP contribution in [0.5, 0.6) is 0 Å². The molecule has 0 atom stereocenters. The van der Waals surface area contributed by atoms with Gasteiger partial charge in [0, 0.05) is 32.3 Å². The van der Waals surface area contributed by atoms with Gasteiger partial charge in [0.1, 0.15) is 5.82 Å². The number of hydrogen-bond acceptors (Lipinski definition) is 5. The number of carbonyl (C=O) groups excluding carboxylic acids is 1. The minimum atomic E-state index is -0.00102. The number of aryl methyl sites for hydroxylation is 4. The molecule has 0 spiro atoms. The van der Waals surface area contributed by atoms with Crippen molar-refractivity contribution >= 4 is 16.9 Å². The Bertz CT molecular complexity index is 985. The summed E-state index contributed by atoms with van der Waals surface area (Å²) in [6.45, 7) is 7.75. The van der Waals surface area contributed by atoms with Crippen molar-refractivity contribution in [1.82, 2.24) is 34.4 Å². The fourth-order valence-electron chi connectivity index (χ4n) is 3.56. The zero-order valence-electron chi connectivity index (χ0n) is 14.9. The Hall–Kier alpha value is -2.77. The summed E-state index contributed by atoms with van der Waals surface area (Å²) in [5, 5.41) is 13.7. The van der Waals surface area contributed by atoms with Gasteiger partial charge in [-0.2, -0.15) is 5.10 Å². The van der Waals surface area contributed by atoms with Gasteiger partial charge in [-0.25, -0.2) is 4.98 Å². The van der Waals surface area contributed by atoms with E-state index in [2.05, 4.69) is 31.8 Å². The van der Waals surface area contributed by atoms with Gasteiger partial charge in [-0.05, 0) is 19.9 Å². The number of nitrogens with zero attached hydrogens (tertiary/aromatic N) is 7. The lowest BCUT2D eigenvalue weighted by Gasteiger charge is -2.28. The van der Waals surface area contributed by atoms with Gasteiger partial charge in [0.2, 0.25) is 0 Å². The van der Waals surface area contributed by atoms with Crippen LogP contribution in [-0.4, -0.2) is 46.9 Å². The average molecular weight is 339 g/mol. The summed E-state index contributed by atoms with van der Waals surface area (Å²) < 4.78 is 3.85. The zero-order chi connectivity index (χ0) is 17.7. The summed E-state index contributed by atoms with van der Waals surface area (Å²) in [6.07, 6.45) is 0.847. The van der Waals surface area contributed by atoms with Crippen LogP contribution in [0.15, 0.2) is 6.07 Å². The zero-order valence-corrected chi connectivity index (χ0v) is 14.9. The van der Waals surface area contributed by atoms with Gasteiger partial charge in [0.25, 0.3) is 5.91 Å². The molecule has 3 aromatic heterocycles. The molecule has 8 heteroatoms. The SMILES string of the molecule is CCc1nnc2n1CCN(C(=O)c1cc(C)nc3c1c(C)nn3C)C2. The molecule has 1 amide bonds. The Morgan fingerprint density at radius 3 is 2.80 bits per heavy atom. The summed E-state index contributed by atoms with van der Waals surface area (Å²) in [6, 6.07) is 1.86. The van der Waals surface area contributed by atoms with Crippen LogP contribution >= 0.6 is 0 Å². The molecule has 8 nitrogen and oxygen atoms in total. The normalized spacial score (nSPS) is 14.2. The van der Waals surface area contributed by atoms with E-state index in [0.717, 1.165) is 47.0 Å². The van der Waals surface area contributed by atoms with Crippen molar-refractivity contribution in [3.63, 3.8) is 0 Å². The summed E-state index contributed by atoms with van der Waals surface area (Å²) in [4.78, 5) is 19.6. The minimum absolute atomic E-state index is 0.00102. The maximum Gasteiger partial charge on any atom is 0.255 e. The van der Waals surface area contributed by atoms with Gasteiger partial charge in [-0.15, -0.1) is 10.2 Å². The van der Waals surface area contributed by atoms with Crippen molar-refractivity contribution in [2.45, 2.75) is 40.3 Å². The molecule has 25 heavy (non-hydrogen) atoms. The van der Waals surface area contributed by atoms with E-state index >= 15 is 0 Å². The summed E-state index contributed by atoms with van der Waals surface area (Å²) in [5.74, 6) is 1.83. The van der Waals surface area contributed by atoms with E-state index < -0.39 is 0 Å². The van der Waals surface area contributed by atoms with E-state index in [1.165, 1.54) is 0 Å². The molecule has 1 aliphatic rings. The van der Waals surface area contributed by atoms with E-state index in [-0.39, 0.29) is 5.91 Å². The molecule has 0 unspecified atom stereocenters. The third-order valence-electron chi connectivity index (χ3n) is 4.76. The smallest absolute Gasteiger partial charge is 0.255 e. The molecule has 0 N–H and O–H groups in total. The Labute approximate surface area is 145 Å². The summed E-state index contributed by atoms with van der Waals surface area (Å²) in [5.41, 5.74) is 3.04. The highest BCUT2D eigenvalue weighted by molar-refractivity contribution is 6.06. The highest BCUT2D eigenvalue weighted by atomic mass is 16.2. The number of rotatable bonds is 2. The van der Waals surface area contributed by atoms with E-state index in [9.17, 15) is 4.79 Å². The van der Waals surface area contributed by atoms with Crippen LogP contribution in [0.3, 0.4) is 0 Å². The number of pyridine rings is 1. The number of amides is 1. The van der Waals surface area contributed by atoms with Crippen molar-refractivity contribution in [2.75, 3.05) is 6.54 Å². The molecule has 130 valence electrons. The second-order valence-electron chi connectivity index (χ2n) is 6.48. The first kappa shape index (κ1) is 15.7. The molecule has 3 aromatic rings. The van der Waals surface area contributed by atoms with Gasteiger partial charge in [-0.1, -0.05) is 6.92 Å². The van der Waals surface area contributed by atoms with Crippen LogP contribution in [-0.2, 0) is 26.6 Å². The molecule has 0 radical (unpaired) electrons. The van der Waals surface area contributed by atoms with Crippen molar-refractivity contribution in [2.24, 2.45) is 7.05 Å². The van der Waals surface area contributed by atoms with Crippen LogP contribution in [0.1, 0.15) is 40.3 Å². The average Bonchev–Trinajstić information content (AvgIpc) is 3.13. The van der Waals surface area contributed by atoms with Crippen LogP contribution in [0.2, 0.25) is 0 Å². The first-order chi connectivity index (χ1) is 12.0. The molecule has 4 heterocycles. The monoisotopic (exact) mass is 339 g/mol. The van der Waals surface area contributed by atoms with Crippen LogP contribution < -0.4 is 0 Å². The first-order valence-corrected chi connectivity index (χ1v) is 8.50. The van der Waals surface area contributed by atoms with Gasteiger partial charge < -0.3 is 9.47 Å². The molecule has 0 saturated heterocycles. The van der Waals surface area contributed by atoms with Crippen molar-refractivity contribution in [3.8, 4) is 0 Å². The highest BCUT2D eigenvalue weighted by Crippen LogP contribution is 2.24. The Morgan fingerprint density at radius 2 is 2.04 bits per heavy atom. The molecule has 0 fully saturated rings. The van der Waals surface area contributed by atoms with E-state index in [4.69, 9.17) is 0 Å². The summed E-state index contributed by atoms with van der Waals surface area (Å²) >= 11 is 0. The Balaban J connectivity index is 1.74.